The molecule has 8 nitrogen and oxygen atoms in total. The predicted molar refractivity (Wildman–Crippen MR) is 133 cm³/mol. The van der Waals surface area contributed by atoms with Gasteiger partial charge in [0.25, 0.3) is 0 Å². The molecule has 2 N–H and O–H groups in total. The lowest BCUT2D eigenvalue weighted by Crippen LogP contribution is -2.41. The van der Waals surface area contributed by atoms with Crippen LogP contribution in [-0.4, -0.2) is 45.2 Å². The molecule has 8 heteroatoms. The van der Waals surface area contributed by atoms with Crippen LogP contribution < -0.4 is 4.74 Å². The van der Waals surface area contributed by atoms with Crippen LogP contribution in [0.15, 0.2) is 71.1 Å². The number of aromatic carboxylic acids is 1. The summed E-state index contributed by atoms with van der Waals surface area (Å²) in [4.78, 5) is 51.0. The highest BCUT2D eigenvalue weighted by Gasteiger charge is 2.43. The topological polar surface area (TPSA) is 121 Å². The summed E-state index contributed by atoms with van der Waals surface area (Å²) in [5, 5.41) is 18.7. The number of ether oxygens (including phenoxy) is 1. The van der Waals surface area contributed by atoms with Gasteiger partial charge in [-0.2, -0.15) is 0 Å². The Balaban J connectivity index is 1.51. The van der Waals surface area contributed by atoms with Gasteiger partial charge in [0.1, 0.15) is 18.9 Å². The van der Waals surface area contributed by atoms with Gasteiger partial charge in [-0.15, -0.1) is 0 Å². The number of hydrogen-bond donors (Lipinski definition) is 2. The first-order chi connectivity index (χ1) is 17.8. The number of carboxylic acid groups (broad SMARTS) is 2. The zero-order chi connectivity index (χ0) is 26.1. The number of carboxylic acids is 2. The van der Waals surface area contributed by atoms with Crippen molar-refractivity contribution in [2.24, 2.45) is 0 Å². The van der Waals surface area contributed by atoms with Crippen molar-refractivity contribution in [1.29, 1.82) is 0 Å². The summed E-state index contributed by atoms with van der Waals surface area (Å²) in [6.07, 6.45) is 3.24. The van der Waals surface area contributed by atoms with Crippen molar-refractivity contribution in [2.75, 3.05) is 6.54 Å². The van der Waals surface area contributed by atoms with Gasteiger partial charge in [-0.1, -0.05) is 24.3 Å². The van der Waals surface area contributed by atoms with E-state index in [9.17, 15) is 24.3 Å². The van der Waals surface area contributed by atoms with E-state index >= 15 is 0 Å². The molecule has 2 aliphatic carbocycles. The normalized spacial score (nSPS) is 18.0. The van der Waals surface area contributed by atoms with Crippen LogP contribution in [0.4, 0.5) is 0 Å². The quantitative estimate of drug-likeness (QED) is 0.570. The van der Waals surface area contributed by atoms with E-state index < -0.39 is 17.9 Å². The van der Waals surface area contributed by atoms with Crippen molar-refractivity contribution >= 4 is 23.5 Å². The van der Waals surface area contributed by atoms with E-state index in [1.807, 2.05) is 18.2 Å². The van der Waals surface area contributed by atoms with E-state index in [1.54, 1.807) is 23.1 Å². The minimum atomic E-state index is -1.00. The number of hydrogen-bond acceptors (Lipinski definition) is 6. The molecule has 3 aliphatic rings. The molecule has 0 amide bonds. The highest BCUT2D eigenvalue weighted by molar-refractivity contribution is 6.06. The van der Waals surface area contributed by atoms with Crippen LogP contribution >= 0.6 is 0 Å². The molecule has 0 saturated carbocycles. The number of carbonyl (C=O) groups is 4. The molecule has 0 atom stereocenters. The van der Waals surface area contributed by atoms with E-state index in [4.69, 9.17) is 9.84 Å². The molecule has 0 fully saturated rings. The Hall–Kier alpha value is -4.20. The van der Waals surface area contributed by atoms with Crippen molar-refractivity contribution < 1.29 is 34.1 Å². The molecule has 1 aliphatic heterocycles. The molecule has 2 aromatic carbocycles. The van der Waals surface area contributed by atoms with E-state index in [0.717, 1.165) is 22.5 Å². The Labute approximate surface area is 213 Å². The zero-order valence-electron chi connectivity index (χ0n) is 20.2. The number of aliphatic carboxylic acids is 1. The van der Waals surface area contributed by atoms with E-state index in [2.05, 4.69) is 0 Å². The Kier molecular flexibility index (Phi) is 6.65. The van der Waals surface area contributed by atoms with E-state index in [-0.39, 0.29) is 30.3 Å². The standard InChI is InChI=1S/C29H27NO7/c31-23-8-2-6-21-27(23)26(28-22(7-3-9-24(28)32)30(21)15-25(33)34)19-4-1-5-20(14-19)37-16-17-10-12-18(13-11-17)29(35)36/h1,4-5,10-14,26H,2-3,6-9,15-16H2,(H,33,34)(H,35,36). The summed E-state index contributed by atoms with van der Waals surface area (Å²) in [6, 6.07) is 13.8. The molecule has 37 heavy (non-hydrogen) atoms. The van der Waals surface area contributed by atoms with Gasteiger partial charge in [-0.3, -0.25) is 14.4 Å². The monoisotopic (exact) mass is 501 g/mol. The van der Waals surface area contributed by atoms with E-state index in [1.165, 1.54) is 12.1 Å². The number of rotatable bonds is 7. The second-order valence-corrected chi connectivity index (χ2v) is 9.55. The number of carbonyl (C=O) groups excluding carboxylic acids is 2. The molecule has 5 rings (SSSR count). The molecule has 0 saturated heterocycles. The Morgan fingerprint density at radius 1 is 0.865 bits per heavy atom. The van der Waals surface area contributed by atoms with Gasteiger partial charge in [0.2, 0.25) is 0 Å². The van der Waals surface area contributed by atoms with Crippen LogP contribution in [0.3, 0.4) is 0 Å². The highest BCUT2D eigenvalue weighted by Crippen LogP contribution is 2.49. The summed E-state index contributed by atoms with van der Waals surface area (Å²) in [6.45, 7) is -0.0467. The van der Waals surface area contributed by atoms with Crippen LogP contribution in [0.5, 0.6) is 5.75 Å². The second-order valence-electron chi connectivity index (χ2n) is 9.55. The summed E-state index contributed by atoms with van der Waals surface area (Å²) in [7, 11) is 0. The number of allylic oxidation sites excluding steroid dienone is 4. The van der Waals surface area contributed by atoms with Crippen LogP contribution in [-0.2, 0) is 21.0 Å². The summed E-state index contributed by atoms with van der Waals surface area (Å²) >= 11 is 0. The smallest absolute Gasteiger partial charge is 0.335 e. The molecule has 1 heterocycles. The molecule has 0 aromatic heterocycles. The fraction of sp³-hybridized carbons (Fsp3) is 0.310. The van der Waals surface area contributed by atoms with Crippen LogP contribution in [0, 0.1) is 0 Å². The van der Waals surface area contributed by atoms with Crippen molar-refractivity contribution in [3.8, 4) is 5.75 Å². The average Bonchev–Trinajstić information content (AvgIpc) is 2.88. The maximum atomic E-state index is 13.3. The lowest BCUT2D eigenvalue weighted by atomic mass is 9.71. The molecule has 0 bridgehead atoms. The maximum Gasteiger partial charge on any atom is 0.335 e. The Bertz CT molecular complexity index is 1310. The van der Waals surface area contributed by atoms with Gasteiger partial charge in [0.05, 0.1) is 5.56 Å². The Morgan fingerprint density at radius 3 is 2.05 bits per heavy atom. The average molecular weight is 502 g/mol. The minimum Gasteiger partial charge on any atom is -0.489 e. The van der Waals surface area contributed by atoms with Crippen LogP contribution in [0.25, 0.3) is 0 Å². The first-order valence-electron chi connectivity index (χ1n) is 12.4. The second kappa shape index (κ2) is 10.0. The largest absolute Gasteiger partial charge is 0.489 e. The lowest BCUT2D eigenvalue weighted by molar-refractivity contribution is -0.138. The summed E-state index contributed by atoms with van der Waals surface area (Å²) < 4.78 is 5.99. The zero-order valence-corrected chi connectivity index (χ0v) is 20.2. The third kappa shape index (κ3) is 4.79. The van der Waals surface area contributed by atoms with Crippen LogP contribution in [0.2, 0.25) is 0 Å². The van der Waals surface area contributed by atoms with Crippen molar-refractivity contribution in [3.05, 3.63) is 87.8 Å². The first kappa shape index (κ1) is 24.5. The molecule has 0 spiro atoms. The number of benzene rings is 2. The first-order valence-corrected chi connectivity index (χ1v) is 12.4. The Morgan fingerprint density at radius 2 is 1.49 bits per heavy atom. The van der Waals surface area contributed by atoms with Gasteiger partial charge in [0.15, 0.2) is 11.6 Å². The third-order valence-electron chi connectivity index (χ3n) is 7.18. The van der Waals surface area contributed by atoms with Gasteiger partial charge < -0.3 is 19.8 Å². The lowest BCUT2D eigenvalue weighted by Gasteiger charge is -2.43. The van der Waals surface area contributed by atoms with Gasteiger partial charge in [-0.25, -0.2) is 4.79 Å². The molecule has 0 radical (unpaired) electrons. The van der Waals surface area contributed by atoms with Gasteiger partial charge >= 0.3 is 11.9 Å². The molecular formula is C29H27NO7. The van der Waals surface area contributed by atoms with Crippen molar-refractivity contribution in [3.63, 3.8) is 0 Å². The van der Waals surface area contributed by atoms with Crippen molar-refractivity contribution in [1.82, 2.24) is 4.90 Å². The van der Waals surface area contributed by atoms with E-state index in [0.29, 0.717) is 55.4 Å². The molecular weight excluding hydrogens is 474 g/mol. The maximum absolute atomic E-state index is 13.3. The minimum absolute atomic E-state index is 0.0450. The third-order valence-corrected chi connectivity index (χ3v) is 7.18. The van der Waals surface area contributed by atoms with Gasteiger partial charge in [0, 0.05) is 41.3 Å². The molecule has 0 unspecified atom stereocenters. The number of Topliss-reactive ketones (excluding diaryl/α,β-unsaturated/α-hetero) is 2. The fourth-order valence-corrected chi connectivity index (χ4v) is 5.57. The van der Waals surface area contributed by atoms with Crippen molar-refractivity contribution in [2.45, 2.75) is 51.0 Å². The number of ketones is 2. The van der Waals surface area contributed by atoms with Gasteiger partial charge in [-0.05, 0) is 61.1 Å². The summed E-state index contributed by atoms with van der Waals surface area (Å²) in [5.74, 6) is -2.07. The summed E-state index contributed by atoms with van der Waals surface area (Å²) in [5.41, 5.74) is 4.27. The predicted octanol–water partition coefficient (Wildman–Crippen LogP) is 4.46. The molecule has 190 valence electrons. The molecule has 2 aromatic rings. The van der Waals surface area contributed by atoms with Crippen LogP contribution in [0.1, 0.15) is 65.9 Å². The SMILES string of the molecule is O=C(O)CN1C2=C(C(=O)CCC2)C(c2cccc(OCc3ccc(C(=O)O)cc3)c2)C2=C1CCCC2=O. The number of nitrogens with zero attached hydrogens (tertiary/aromatic N) is 1. The fourth-order valence-electron chi connectivity index (χ4n) is 5.57. The highest BCUT2D eigenvalue weighted by atomic mass is 16.5.